The zero-order chi connectivity index (χ0) is 26.3. The van der Waals surface area contributed by atoms with Gasteiger partial charge < -0.3 is 14.8 Å². The van der Waals surface area contributed by atoms with Gasteiger partial charge in [-0.05, 0) is 57.5 Å². The lowest BCUT2D eigenvalue weighted by Crippen LogP contribution is -2.21. The summed E-state index contributed by atoms with van der Waals surface area (Å²) >= 11 is 0. The molecule has 1 heterocycles. The molecule has 0 aliphatic heterocycles. The van der Waals surface area contributed by atoms with Crippen LogP contribution in [0.25, 0.3) is 22.3 Å². The zero-order valence-corrected chi connectivity index (χ0v) is 21.0. The van der Waals surface area contributed by atoms with Crippen LogP contribution in [0.15, 0.2) is 81.7 Å². The fourth-order valence-corrected chi connectivity index (χ4v) is 3.66. The van der Waals surface area contributed by atoms with Crippen LogP contribution in [0.2, 0.25) is 0 Å². The molecule has 3 rings (SSSR count). The van der Waals surface area contributed by atoms with Gasteiger partial charge in [-0.1, -0.05) is 50.8 Å². The Kier molecular flexibility index (Phi) is 9.34. The van der Waals surface area contributed by atoms with Crippen LogP contribution in [0.3, 0.4) is 0 Å². The average Bonchev–Trinajstić information content (AvgIpc) is 2.85. The minimum absolute atomic E-state index is 0.126. The minimum atomic E-state index is -1.06. The Morgan fingerprint density at radius 2 is 1.86 bits per heavy atom. The quantitative estimate of drug-likeness (QED) is 0.283. The maximum Gasteiger partial charge on any atom is 0.333 e. The molecule has 2 N–H and O–H groups in total. The van der Waals surface area contributed by atoms with Gasteiger partial charge in [-0.15, -0.1) is 0 Å². The third-order valence-electron chi connectivity index (χ3n) is 5.47. The molecule has 6 heteroatoms. The van der Waals surface area contributed by atoms with E-state index in [1.54, 1.807) is 49.4 Å². The summed E-state index contributed by atoms with van der Waals surface area (Å²) in [5.41, 5.74) is 2.64. The third kappa shape index (κ3) is 5.96. The number of carbonyl (C=O) groups is 1. The summed E-state index contributed by atoms with van der Waals surface area (Å²) < 4.78 is 20.7. The molecular formula is C29H32FNO4. The number of carboxylic acid groups (broad SMARTS) is 1. The minimum Gasteiger partial charge on any atom is -0.478 e. The van der Waals surface area contributed by atoms with Crippen LogP contribution >= 0.6 is 0 Å². The van der Waals surface area contributed by atoms with Crippen LogP contribution < -0.4 is 10.7 Å². The first-order chi connectivity index (χ1) is 16.6. The van der Waals surface area contributed by atoms with Crippen LogP contribution in [0.4, 0.5) is 4.39 Å². The molecule has 0 radical (unpaired) electrons. The Bertz CT molecular complexity index is 1370. The second kappa shape index (κ2) is 12.0. The van der Waals surface area contributed by atoms with Gasteiger partial charge in [0.05, 0.1) is 22.6 Å². The zero-order valence-electron chi connectivity index (χ0n) is 21.0. The Morgan fingerprint density at radius 3 is 2.46 bits per heavy atom. The van der Waals surface area contributed by atoms with E-state index in [1.165, 1.54) is 13.0 Å². The number of carboxylic acids is 1. The number of benzene rings is 2. The molecular weight excluding hydrogens is 445 g/mol. The van der Waals surface area contributed by atoms with Crippen molar-refractivity contribution in [3.05, 3.63) is 105 Å². The van der Waals surface area contributed by atoms with E-state index < -0.39 is 17.8 Å². The highest BCUT2D eigenvalue weighted by molar-refractivity contribution is 5.87. The highest BCUT2D eigenvalue weighted by Gasteiger charge is 2.21. The van der Waals surface area contributed by atoms with Crippen LogP contribution in [-0.2, 0) is 4.79 Å². The van der Waals surface area contributed by atoms with Gasteiger partial charge in [0.1, 0.15) is 17.2 Å². The largest absolute Gasteiger partial charge is 0.478 e. The molecule has 1 unspecified atom stereocenters. The van der Waals surface area contributed by atoms with Gasteiger partial charge >= 0.3 is 5.97 Å². The summed E-state index contributed by atoms with van der Waals surface area (Å²) in [6, 6.07) is 9.32. The van der Waals surface area contributed by atoms with E-state index in [2.05, 4.69) is 11.9 Å². The summed E-state index contributed by atoms with van der Waals surface area (Å²) in [5, 5.41) is 13.0. The molecule has 0 saturated carbocycles. The molecule has 0 aliphatic carbocycles. The number of hydrogen-bond donors (Lipinski definition) is 2. The molecule has 184 valence electrons. The molecule has 1 aromatic heterocycles. The van der Waals surface area contributed by atoms with Crippen molar-refractivity contribution >= 4 is 16.9 Å². The maximum atomic E-state index is 14.5. The normalized spacial score (nSPS) is 12.5. The molecule has 0 spiro atoms. The number of rotatable bonds is 7. The van der Waals surface area contributed by atoms with Crippen molar-refractivity contribution in [3.63, 3.8) is 0 Å². The fourth-order valence-electron chi connectivity index (χ4n) is 3.66. The second-order valence-corrected chi connectivity index (χ2v) is 7.90. The molecule has 0 aliphatic rings. The van der Waals surface area contributed by atoms with E-state index in [4.69, 9.17) is 4.42 Å². The van der Waals surface area contributed by atoms with Crippen molar-refractivity contribution in [2.75, 3.05) is 0 Å². The molecule has 35 heavy (non-hydrogen) atoms. The third-order valence-corrected chi connectivity index (χ3v) is 5.47. The fraction of sp³-hybridized carbons (Fsp3) is 0.241. The van der Waals surface area contributed by atoms with Crippen LogP contribution in [-0.4, -0.2) is 11.1 Å². The number of fused-ring (bicyclic) bond motifs is 1. The molecule has 0 saturated heterocycles. The van der Waals surface area contributed by atoms with Gasteiger partial charge in [-0.3, -0.25) is 4.79 Å². The van der Waals surface area contributed by atoms with Crippen molar-refractivity contribution in [2.24, 2.45) is 0 Å². The Morgan fingerprint density at radius 1 is 1.20 bits per heavy atom. The summed E-state index contributed by atoms with van der Waals surface area (Å²) in [7, 11) is 0. The van der Waals surface area contributed by atoms with Gasteiger partial charge in [0, 0.05) is 16.8 Å². The van der Waals surface area contributed by atoms with Crippen molar-refractivity contribution in [1.29, 1.82) is 0 Å². The Hall–Kier alpha value is -3.93. The molecule has 2 aromatic carbocycles. The maximum absolute atomic E-state index is 14.5. The lowest BCUT2D eigenvalue weighted by Gasteiger charge is -2.20. The van der Waals surface area contributed by atoms with E-state index in [-0.39, 0.29) is 22.3 Å². The predicted molar refractivity (Wildman–Crippen MR) is 140 cm³/mol. The van der Waals surface area contributed by atoms with Crippen molar-refractivity contribution in [3.8, 4) is 11.3 Å². The van der Waals surface area contributed by atoms with Crippen molar-refractivity contribution in [2.45, 2.75) is 47.6 Å². The predicted octanol–water partition coefficient (Wildman–Crippen LogP) is 6.99. The highest BCUT2D eigenvalue weighted by atomic mass is 19.1. The lowest BCUT2D eigenvalue weighted by molar-refractivity contribution is -0.132. The topological polar surface area (TPSA) is 79.5 Å². The first-order valence-corrected chi connectivity index (χ1v) is 11.5. The molecule has 3 aromatic rings. The van der Waals surface area contributed by atoms with E-state index in [1.807, 2.05) is 33.8 Å². The number of hydrogen-bond acceptors (Lipinski definition) is 4. The van der Waals surface area contributed by atoms with Gasteiger partial charge in [0.2, 0.25) is 0 Å². The summed E-state index contributed by atoms with van der Waals surface area (Å²) in [6.07, 6.45) is 4.80. The summed E-state index contributed by atoms with van der Waals surface area (Å²) in [6.45, 7) is 14.5. The van der Waals surface area contributed by atoms with Gasteiger partial charge in [0.15, 0.2) is 5.43 Å². The van der Waals surface area contributed by atoms with Crippen molar-refractivity contribution < 1.29 is 18.7 Å². The average molecular weight is 478 g/mol. The molecule has 0 fully saturated rings. The number of aryl methyl sites for hydroxylation is 1. The van der Waals surface area contributed by atoms with E-state index in [0.717, 1.165) is 5.56 Å². The molecule has 0 bridgehead atoms. The van der Waals surface area contributed by atoms with Crippen LogP contribution in [0.1, 0.15) is 50.4 Å². The highest BCUT2D eigenvalue weighted by Crippen LogP contribution is 2.32. The molecule has 1 atom stereocenters. The number of nitrogens with one attached hydrogen (secondary N) is 1. The monoisotopic (exact) mass is 477 g/mol. The van der Waals surface area contributed by atoms with E-state index in [9.17, 15) is 19.1 Å². The SMILES string of the molecule is C=C/C=C\C(NC(C)c1cc(C)cc2c(=O)c(C)c(-c3ccccc3F)oc12)=C(/C)C(=O)O.CC. The summed E-state index contributed by atoms with van der Waals surface area (Å²) in [5.74, 6) is -1.37. The van der Waals surface area contributed by atoms with Gasteiger partial charge in [-0.2, -0.15) is 0 Å². The van der Waals surface area contributed by atoms with Gasteiger partial charge in [-0.25, -0.2) is 9.18 Å². The number of aliphatic carboxylic acids is 1. The van der Waals surface area contributed by atoms with Crippen molar-refractivity contribution in [1.82, 2.24) is 5.32 Å². The first kappa shape index (κ1) is 27.3. The standard InChI is InChI=1S/C27H26FNO4.C2H6/c1-6-7-12-23(16(3)27(31)32)29-18(5)20-13-15(2)14-21-24(30)17(4)25(33-26(20)21)19-10-8-9-11-22(19)28;1-2/h6-14,18,29H,1H2,2-5H3,(H,31,32);1-2H3/b12-7-,23-16-;. The first-order valence-electron chi connectivity index (χ1n) is 11.5. The van der Waals surface area contributed by atoms with Crippen LogP contribution in [0.5, 0.6) is 0 Å². The summed E-state index contributed by atoms with van der Waals surface area (Å²) in [4.78, 5) is 24.8. The smallest absolute Gasteiger partial charge is 0.333 e. The second-order valence-electron chi connectivity index (χ2n) is 7.90. The van der Waals surface area contributed by atoms with E-state index >= 15 is 0 Å². The Balaban J connectivity index is 0.00000210. The number of halogens is 1. The molecule has 0 amide bonds. The van der Waals surface area contributed by atoms with Crippen LogP contribution in [0, 0.1) is 19.7 Å². The van der Waals surface area contributed by atoms with Gasteiger partial charge in [0.25, 0.3) is 0 Å². The van der Waals surface area contributed by atoms with E-state index in [0.29, 0.717) is 27.8 Å². The lowest BCUT2D eigenvalue weighted by atomic mass is 9.98. The number of allylic oxidation sites excluding steroid dienone is 3. The Labute approximate surface area is 205 Å². The molecule has 5 nitrogen and oxygen atoms in total.